The Morgan fingerprint density at radius 3 is 2.78 bits per heavy atom. The molecule has 0 aromatic carbocycles. The Kier molecular flexibility index (Phi) is 5.47. The van der Waals surface area contributed by atoms with Crippen LogP contribution in [0.5, 0.6) is 5.88 Å². The maximum Gasteiger partial charge on any atom is 0.257 e. The van der Waals surface area contributed by atoms with Gasteiger partial charge < -0.3 is 15.4 Å². The van der Waals surface area contributed by atoms with Gasteiger partial charge in [-0.1, -0.05) is 0 Å². The van der Waals surface area contributed by atoms with Gasteiger partial charge in [0.2, 0.25) is 5.88 Å². The van der Waals surface area contributed by atoms with Crippen LogP contribution in [-0.4, -0.2) is 49.8 Å². The van der Waals surface area contributed by atoms with Gasteiger partial charge in [-0.3, -0.25) is 14.5 Å². The van der Waals surface area contributed by atoms with E-state index in [1.54, 1.807) is 41.6 Å². The summed E-state index contributed by atoms with van der Waals surface area (Å²) in [6.07, 6.45) is 10.7. The number of amides is 1. The van der Waals surface area contributed by atoms with E-state index in [9.17, 15) is 4.79 Å². The molecular weight excluding hydrogens is 406 g/mol. The highest BCUT2D eigenvalue weighted by Gasteiger charge is 2.16. The second kappa shape index (κ2) is 8.72. The quantitative estimate of drug-likeness (QED) is 0.502. The molecule has 0 saturated carbocycles. The Balaban J connectivity index is 1.33. The smallest absolute Gasteiger partial charge is 0.257 e. The van der Waals surface area contributed by atoms with Crippen LogP contribution in [-0.2, 0) is 7.05 Å². The van der Waals surface area contributed by atoms with E-state index in [4.69, 9.17) is 4.74 Å². The number of carbonyl (C=O) groups is 1. The number of nitrogens with zero attached hydrogens (tertiary/aromatic N) is 5. The van der Waals surface area contributed by atoms with E-state index < -0.39 is 0 Å². The highest BCUT2D eigenvalue weighted by Crippen LogP contribution is 2.23. The second-order valence-electron chi connectivity index (χ2n) is 7.79. The van der Waals surface area contributed by atoms with E-state index >= 15 is 0 Å². The van der Waals surface area contributed by atoms with Gasteiger partial charge in [0.25, 0.3) is 5.91 Å². The summed E-state index contributed by atoms with van der Waals surface area (Å²) < 4.78 is 7.69. The van der Waals surface area contributed by atoms with Gasteiger partial charge in [-0.05, 0) is 44.1 Å². The number of ether oxygens (including phenoxy) is 1. The molecule has 4 aromatic rings. The molecule has 32 heavy (non-hydrogen) atoms. The predicted molar refractivity (Wildman–Crippen MR) is 120 cm³/mol. The molecule has 0 atom stereocenters. The van der Waals surface area contributed by atoms with Crippen molar-refractivity contribution < 1.29 is 9.53 Å². The average Bonchev–Trinajstić information content (AvgIpc) is 3.26. The molecule has 0 spiro atoms. The van der Waals surface area contributed by atoms with Crippen molar-refractivity contribution in [3.8, 4) is 17.0 Å². The van der Waals surface area contributed by atoms with Gasteiger partial charge in [0.05, 0.1) is 17.9 Å². The zero-order chi connectivity index (χ0) is 21.9. The Labute approximate surface area is 184 Å². The lowest BCUT2D eigenvalue weighted by atomic mass is 10.1. The standard InChI is InChI=1S/C23H23N7O2/c1-30-14-18(12-28-30)17-8-16-9-21(27-13-20(16)26-11-17)29-23(31)15-2-7-25-22(10-15)32-19-3-5-24-6-4-19/h2,7-14,19,24H,3-6H2,1H3,(H,27,29,31). The Morgan fingerprint density at radius 1 is 1.09 bits per heavy atom. The van der Waals surface area contributed by atoms with Gasteiger partial charge in [0.1, 0.15) is 11.9 Å². The lowest BCUT2D eigenvalue weighted by Crippen LogP contribution is -2.34. The number of nitrogens with one attached hydrogen (secondary N) is 2. The molecule has 1 aliphatic rings. The first-order valence-corrected chi connectivity index (χ1v) is 10.5. The maximum atomic E-state index is 12.8. The summed E-state index contributed by atoms with van der Waals surface area (Å²) in [6, 6.07) is 7.15. The van der Waals surface area contributed by atoms with Crippen LogP contribution in [0.15, 0.2) is 55.2 Å². The fraction of sp³-hybridized carbons (Fsp3) is 0.261. The normalized spacial score (nSPS) is 14.4. The van der Waals surface area contributed by atoms with Crippen molar-refractivity contribution in [2.75, 3.05) is 18.4 Å². The number of rotatable bonds is 5. The molecule has 1 fully saturated rings. The molecule has 9 nitrogen and oxygen atoms in total. The first-order valence-electron chi connectivity index (χ1n) is 10.5. The minimum atomic E-state index is -0.272. The van der Waals surface area contributed by atoms with E-state index in [2.05, 4.69) is 30.7 Å². The van der Waals surface area contributed by atoms with Crippen molar-refractivity contribution in [2.24, 2.45) is 7.05 Å². The largest absolute Gasteiger partial charge is 0.474 e. The first kappa shape index (κ1) is 20.1. The van der Waals surface area contributed by atoms with E-state index in [1.165, 1.54) is 0 Å². The summed E-state index contributed by atoms with van der Waals surface area (Å²) in [4.78, 5) is 25.9. The van der Waals surface area contributed by atoms with Crippen LogP contribution in [0, 0.1) is 0 Å². The molecule has 5 heterocycles. The third-order valence-corrected chi connectivity index (χ3v) is 5.42. The highest BCUT2D eigenvalue weighted by atomic mass is 16.5. The molecule has 0 radical (unpaired) electrons. The van der Waals surface area contributed by atoms with E-state index in [0.717, 1.165) is 48.0 Å². The third-order valence-electron chi connectivity index (χ3n) is 5.42. The average molecular weight is 429 g/mol. The molecule has 4 aromatic heterocycles. The molecule has 1 amide bonds. The molecule has 5 rings (SSSR count). The summed E-state index contributed by atoms with van der Waals surface area (Å²) in [7, 11) is 1.87. The predicted octanol–water partition coefficient (Wildman–Crippen LogP) is 2.81. The van der Waals surface area contributed by atoms with Gasteiger partial charge in [-0.25, -0.2) is 9.97 Å². The van der Waals surface area contributed by atoms with Gasteiger partial charge in [0.15, 0.2) is 0 Å². The number of piperidine rings is 1. The number of hydrogen-bond donors (Lipinski definition) is 2. The monoisotopic (exact) mass is 429 g/mol. The summed E-state index contributed by atoms with van der Waals surface area (Å²) >= 11 is 0. The zero-order valence-electron chi connectivity index (χ0n) is 17.7. The van der Waals surface area contributed by atoms with Gasteiger partial charge in [-0.2, -0.15) is 5.10 Å². The number of anilines is 1. The summed E-state index contributed by atoms with van der Waals surface area (Å²) in [5.41, 5.74) is 3.13. The van der Waals surface area contributed by atoms with Gasteiger partial charge in [-0.15, -0.1) is 0 Å². The van der Waals surface area contributed by atoms with Crippen molar-refractivity contribution in [2.45, 2.75) is 18.9 Å². The fourth-order valence-electron chi connectivity index (χ4n) is 3.72. The topological polar surface area (TPSA) is 107 Å². The van der Waals surface area contributed by atoms with Crippen molar-refractivity contribution in [1.29, 1.82) is 0 Å². The molecule has 0 unspecified atom stereocenters. The molecule has 0 bridgehead atoms. The van der Waals surface area contributed by atoms with Crippen LogP contribution in [0.25, 0.3) is 22.0 Å². The zero-order valence-corrected chi connectivity index (χ0v) is 17.7. The number of aryl methyl sites for hydroxylation is 1. The number of fused-ring (bicyclic) bond motifs is 1. The lowest BCUT2D eigenvalue weighted by molar-refractivity contribution is 0.102. The highest BCUT2D eigenvalue weighted by molar-refractivity contribution is 6.04. The van der Waals surface area contributed by atoms with Crippen LogP contribution < -0.4 is 15.4 Å². The minimum absolute atomic E-state index is 0.116. The lowest BCUT2D eigenvalue weighted by Gasteiger charge is -2.23. The number of pyridine rings is 3. The second-order valence-corrected chi connectivity index (χ2v) is 7.79. The molecular formula is C23H23N7O2. The SMILES string of the molecule is Cn1cc(-c2cnc3cnc(NC(=O)c4ccnc(OC5CCNCC5)c4)cc3c2)cn1. The summed E-state index contributed by atoms with van der Waals surface area (Å²) in [6.45, 7) is 1.85. The molecule has 1 saturated heterocycles. The minimum Gasteiger partial charge on any atom is -0.474 e. The number of carbonyl (C=O) groups excluding carboxylic acids is 1. The number of hydrogen-bond acceptors (Lipinski definition) is 7. The summed E-state index contributed by atoms with van der Waals surface area (Å²) in [5.74, 6) is 0.636. The van der Waals surface area contributed by atoms with Crippen molar-refractivity contribution in [3.05, 3.63) is 60.8 Å². The van der Waals surface area contributed by atoms with Gasteiger partial charge in [0, 0.05) is 53.8 Å². The van der Waals surface area contributed by atoms with Crippen LogP contribution >= 0.6 is 0 Å². The van der Waals surface area contributed by atoms with E-state index in [-0.39, 0.29) is 12.0 Å². The molecule has 1 aliphatic heterocycles. The van der Waals surface area contributed by atoms with Gasteiger partial charge >= 0.3 is 0 Å². The van der Waals surface area contributed by atoms with E-state index in [0.29, 0.717) is 17.3 Å². The Morgan fingerprint density at radius 2 is 1.97 bits per heavy atom. The fourth-order valence-corrected chi connectivity index (χ4v) is 3.72. The third kappa shape index (κ3) is 4.42. The Bertz CT molecular complexity index is 1260. The molecule has 162 valence electrons. The molecule has 2 N–H and O–H groups in total. The van der Waals surface area contributed by atoms with Crippen LogP contribution in [0.4, 0.5) is 5.82 Å². The first-order chi connectivity index (χ1) is 15.6. The van der Waals surface area contributed by atoms with Crippen molar-refractivity contribution in [1.82, 2.24) is 30.0 Å². The Hall–Kier alpha value is -3.85. The van der Waals surface area contributed by atoms with Crippen molar-refractivity contribution >= 4 is 22.6 Å². The summed E-state index contributed by atoms with van der Waals surface area (Å²) in [5, 5.41) is 11.2. The van der Waals surface area contributed by atoms with Crippen LogP contribution in [0.1, 0.15) is 23.2 Å². The van der Waals surface area contributed by atoms with Crippen LogP contribution in [0.2, 0.25) is 0 Å². The maximum absolute atomic E-state index is 12.8. The number of aromatic nitrogens is 5. The van der Waals surface area contributed by atoms with E-state index in [1.807, 2.05) is 25.4 Å². The van der Waals surface area contributed by atoms with Crippen molar-refractivity contribution in [3.63, 3.8) is 0 Å². The van der Waals surface area contributed by atoms with Crippen LogP contribution in [0.3, 0.4) is 0 Å². The molecule has 9 heteroatoms. The molecule has 0 aliphatic carbocycles.